The van der Waals surface area contributed by atoms with Crippen molar-refractivity contribution in [1.29, 1.82) is 0 Å². The van der Waals surface area contributed by atoms with E-state index in [1.54, 1.807) is 30.5 Å². The predicted octanol–water partition coefficient (Wildman–Crippen LogP) is 2.88. The van der Waals surface area contributed by atoms with E-state index in [2.05, 4.69) is 21.9 Å². The van der Waals surface area contributed by atoms with Crippen LogP contribution in [0.1, 0.15) is 50.7 Å². The maximum absolute atomic E-state index is 12.6. The van der Waals surface area contributed by atoms with Gasteiger partial charge in [-0.05, 0) is 39.7 Å². The molecule has 2 aromatic rings. The van der Waals surface area contributed by atoms with Gasteiger partial charge < -0.3 is 4.90 Å². The van der Waals surface area contributed by atoms with Gasteiger partial charge in [0.25, 0.3) is 5.91 Å². The largest absolute Gasteiger partial charge is 0.337 e. The molecule has 116 valence electrons. The number of thiazole rings is 1. The number of carbonyl (C=O) groups is 1. The highest BCUT2D eigenvalue weighted by Crippen LogP contribution is 2.31. The zero-order chi connectivity index (χ0) is 15.7. The smallest absolute Gasteiger partial charge is 0.272 e. The lowest BCUT2D eigenvalue weighted by Crippen LogP contribution is -2.39. The minimum absolute atomic E-state index is 0.000185. The van der Waals surface area contributed by atoms with Crippen molar-refractivity contribution in [3.8, 4) is 0 Å². The standard InChI is InChI=1S/C16H20N4OS/c1-10-11(2)22-15(18-10)13-5-4-8-20(9-13)16(21)14-6-7-17-12(3)19-14/h6-7,13H,4-5,8-9H2,1-3H3/t13-/m1/s1. The first kappa shape index (κ1) is 15.1. The van der Waals surface area contributed by atoms with Crippen molar-refractivity contribution in [2.75, 3.05) is 13.1 Å². The Bertz CT molecular complexity index is 678. The molecule has 3 heterocycles. The van der Waals surface area contributed by atoms with Crippen molar-refractivity contribution in [3.05, 3.63) is 39.4 Å². The molecule has 0 aromatic carbocycles. The Kier molecular flexibility index (Phi) is 4.20. The van der Waals surface area contributed by atoms with Crippen LogP contribution in [-0.2, 0) is 0 Å². The van der Waals surface area contributed by atoms with Gasteiger partial charge in [0.15, 0.2) is 0 Å². The third-order valence-corrected chi connectivity index (χ3v) is 5.33. The zero-order valence-corrected chi connectivity index (χ0v) is 14.0. The number of hydrogen-bond acceptors (Lipinski definition) is 5. The summed E-state index contributed by atoms with van der Waals surface area (Å²) in [5.41, 5.74) is 1.59. The van der Waals surface area contributed by atoms with Gasteiger partial charge in [0.2, 0.25) is 0 Å². The Morgan fingerprint density at radius 3 is 2.82 bits per heavy atom. The van der Waals surface area contributed by atoms with Crippen molar-refractivity contribution in [3.63, 3.8) is 0 Å². The summed E-state index contributed by atoms with van der Waals surface area (Å²) < 4.78 is 0. The Hall–Kier alpha value is -1.82. The first-order valence-electron chi connectivity index (χ1n) is 7.57. The molecule has 6 heteroatoms. The predicted molar refractivity (Wildman–Crippen MR) is 86.2 cm³/mol. The minimum Gasteiger partial charge on any atom is -0.337 e. The Morgan fingerprint density at radius 1 is 1.32 bits per heavy atom. The summed E-state index contributed by atoms with van der Waals surface area (Å²) in [6.07, 6.45) is 3.75. The number of hydrogen-bond donors (Lipinski definition) is 0. The molecule has 1 atom stereocenters. The van der Waals surface area contributed by atoms with Crippen molar-refractivity contribution in [1.82, 2.24) is 19.9 Å². The lowest BCUT2D eigenvalue weighted by molar-refractivity contribution is 0.0700. The van der Waals surface area contributed by atoms with Gasteiger partial charge in [0.1, 0.15) is 11.5 Å². The quantitative estimate of drug-likeness (QED) is 0.855. The number of piperidine rings is 1. The molecule has 1 saturated heterocycles. The van der Waals surface area contributed by atoms with E-state index in [9.17, 15) is 4.79 Å². The highest BCUT2D eigenvalue weighted by atomic mass is 32.1. The molecule has 2 aromatic heterocycles. The third kappa shape index (κ3) is 3.02. The summed E-state index contributed by atoms with van der Waals surface area (Å²) in [6, 6.07) is 1.69. The van der Waals surface area contributed by atoms with E-state index >= 15 is 0 Å². The van der Waals surface area contributed by atoms with Crippen molar-refractivity contribution < 1.29 is 4.79 Å². The first-order valence-corrected chi connectivity index (χ1v) is 8.39. The van der Waals surface area contributed by atoms with Crippen LogP contribution in [0.2, 0.25) is 0 Å². The topological polar surface area (TPSA) is 59.0 Å². The number of aromatic nitrogens is 3. The third-order valence-electron chi connectivity index (χ3n) is 4.10. The number of amides is 1. The van der Waals surface area contributed by atoms with Gasteiger partial charge in [-0.15, -0.1) is 11.3 Å². The second-order valence-corrected chi connectivity index (χ2v) is 7.01. The Balaban J connectivity index is 1.76. The highest BCUT2D eigenvalue weighted by molar-refractivity contribution is 7.11. The molecular formula is C16H20N4OS. The monoisotopic (exact) mass is 316 g/mol. The molecule has 0 unspecified atom stereocenters. The fourth-order valence-electron chi connectivity index (χ4n) is 2.77. The van der Waals surface area contributed by atoms with Crippen LogP contribution in [0.15, 0.2) is 12.3 Å². The lowest BCUT2D eigenvalue weighted by Gasteiger charge is -2.31. The lowest BCUT2D eigenvalue weighted by atomic mass is 9.98. The molecule has 22 heavy (non-hydrogen) atoms. The molecule has 1 aliphatic rings. The van der Waals surface area contributed by atoms with Crippen LogP contribution >= 0.6 is 11.3 Å². The summed E-state index contributed by atoms with van der Waals surface area (Å²) in [4.78, 5) is 28.8. The fourth-order valence-corrected chi connectivity index (χ4v) is 3.82. The van der Waals surface area contributed by atoms with E-state index in [0.717, 1.165) is 36.6 Å². The number of nitrogens with zero attached hydrogens (tertiary/aromatic N) is 4. The van der Waals surface area contributed by atoms with Gasteiger partial charge in [-0.25, -0.2) is 15.0 Å². The highest BCUT2D eigenvalue weighted by Gasteiger charge is 2.28. The molecule has 1 amide bonds. The second kappa shape index (κ2) is 6.12. The van der Waals surface area contributed by atoms with Crippen LogP contribution in [-0.4, -0.2) is 38.8 Å². The van der Waals surface area contributed by atoms with Crippen LogP contribution in [0, 0.1) is 20.8 Å². The molecule has 0 aliphatic carbocycles. The van der Waals surface area contributed by atoms with Crippen LogP contribution in [0.3, 0.4) is 0 Å². The zero-order valence-electron chi connectivity index (χ0n) is 13.2. The number of carbonyl (C=O) groups excluding carboxylic acids is 1. The van der Waals surface area contributed by atoms with Gasteiger partial charge in [-0.1, -0.05) is 0 Å². The van der Waals surface area contributed by atoms with E-state index in [1.807, 2.05) is 11.8 Å². The number of aryl methyl sites for hydroxylation is 3. The molecule has 0 saturated carbocycles. The van der Waals surface area contributed by atoms with Gasteiger partial charge in [-0.2, -0.15) is 0 Å². The summed E-state index contributed by atoms with van der Waals surface area (Å²) in [7, 11) is 0. The van der Waals surface area contributed by atoms with Gasteiger partial charge in [-0.3, -0.25) is 4.79 Å². The molecule has 3 rings (SSSR count). The second-order valence-electron chi connectivity index (χ2n) is 5.77. The van der Waals surface area contributed by atoms with Gasteiger partial charge >= 0.3 is 0 Å². The normalized spacial score (nSPS) is 18.5. The molecule has 1 aliphatic heterocycles. The van der Waals surface area contributed by atoms with E-state index < -0.39 is 0 Å². The molecule has 5 nitrogen and oxygen atoms in total. The van der Waals surface area contributed by atoms with Gasteiger partial charge in [0.05, 0.1) is 10.7 Å². The average Bonchev–Trinajstić information content (AvgIpc) is 2.86. The maximum Gasteiger partial charge on any atom is 0.272 e. The molecule has 1 fully saturated rings. The molecular weight excluding hydrogens is 296 g/mol. The van der Waals surface area contributed by atoms with E-state index in [-0.39, 0.29) is 5.91 Å². The summed E-state index contributed by atoms with van der Waals surface area (Å²) >= 11 is 1.76. The van der Waals surface area contributed by atoms with E-state index in [0.29, 0.717) is 17.4 Å². The SMILES string of the molecule is Cc1nccc(C(=O)N2CCC[C@@H](c3nc(C)c(C)s3)C2)n1. The molecule has 0 radical (unpaired) electrons. The van der Waals surface area contributed by atoms with Crippen LogP contribution in [0.25, 0.3) is 0 Å². The number of rotatable bonds is 2. The fraction of sp³-hybridized carbons (Fsp3) is 0.500. The van der Waals surface area contributed by atoms with Crippen LogP contribution in [0.4, 0.5) is 0 Å². The summed E-state index contributed by atoms with van der Waals surface area (Å²) in [5, 5.41) is 1.16. The first-order chi connectivity index (χ1) is 10.5. The van der Waals surface area contributed by atoms with E-state index in [4.69, 9.17) is 0 Å². The summed E-state index contributed by atoms with van der Waals surface area (Å²) in [5.74, 6) is 0.976. The van der Waals surface area contributed by atoms with Gasteiger partial charge in [0, 0.05) is 30.1 Å². The molecule has 0 spiro atoms. The average molecular weight is 316 g/mol. The minimum atomic E-state index is 0.000185. The maximum atomic E-state index is 12.6. The Morgan fingerprint density at radius 2 is 2.14 bits per heavy atom. The molecule has 0 bridgehead atoms. The summed E-state index contributed by atoms with van der Waals surface area (Å²) in [6.45, 7) is 7.48. The van der Waals surface area contributed by atoms with E-state index in [1.165, 1.54) is 4.88 Å². The van der Waals surface area contributed by atoms with Crippen molar-refractivity contribution >= 4 is 17.2 Å². The Labute approximate surface area is 134 Å². The van der Waals surface area contributed by atoms with Crippen molar-refractivity contribution in [2.45, 2.75) is 39.5 Å². The van der Waals surface area contributed by atoms with Crippen LogP contribution in [0.5, 0.6) is 0 Å². The van der Waals surface area contributed by atoms with Crippen LogP contribution < -0.4 is 0 Å². The molecule has 0 N–H and O–H groups in total. The van der Waals surface area contributed by atoms with Crippen molar-refractivity contribution in [2.24, 2.45) is 0 Å². The number of likely N-dealkylation sites (tertiary alicyclic amines) is 1.